The van der Waals surface area contributed by atoms with Crippen LogP contribution in [-0.2, 0) is 11.3 Å². The van der Waals surface area contributed by atoms with E-state index in [0.29, 0.717) is 18.0 Å². The molecule has 8 heteroatoms. The third-order valence-electron chi connectivity index (χ3n) is 4.88. The van der Waals surface area contributed by atoms with Gasteiger partial charge < -0.3 is 4.74 Å². The van der Waals surface area contributed by atoms with Crippen molar-refractivity contribution in [2.75, 3.05) is 6.61 Å². The third kappa shape index (κ3) is 4.42. The first kappa shape index (κ1) is 20.3. The maximum Gasteiger partial charge on any atom is 0.184 e. The number of amidine groups is 1. The van der Waals surface area contributed by atoms with E-state index in [9.17, 15) is 4.39 Å². The highest BCUT2D eigenvalue weighted by molar-refractivity contribution is 6.30. The lowest BCUT2D eigenvalue weighted by Gasteiger charge is -2.23. The summed E-state index contributed by atoms with van der Waals surface area (Å²) < 4.78 is 20.0. The average molecular weight is 427 g/mol. The van der Waals surface area contributed by atoms with Crippen LogP contribution in [0, 0.1) is 19.7 Å². The molecule has 0 unspecified atom stereocenters. The Hall–Kier alpha value is -3.03. The second-order valence-corrected chi connectivity index (χ2v) is 7.50. The zero-order chi connectivity index (χ0) is 21.1. The van der Waals surface area contributed by atoms with Gasteiger partial charge in [0, 0.05) is 0 Å². The van der Waals surface area contributed by atoms with Crippen LogP contribution < -0.4 is 10.2 Å². The van der Waals surface area contributed by atoms with Crippen LogP contribution in [0.3, 0.4) is 0 Å². The number of nitrogens with zero attached hydrogens (tertiary/aromatic N) is 3. The third-order valence-corrected chi connectivity index (χ3v) is 5.18. The topological polar surface area (TPSA) is 68.6 Å². The number of rotatable bonds is 5. The number of hydrogen-bond donors (Lipinski definition) is 1. The fraction of sp³-hybridized carbons (Fsp3) is 0.227. The van der Waals surface area contributed by atoms with Gasteiger partial charge in [-0.3, -0.25) is 9.83 Å². The molecule has 0 aliphatic carbocycles. The maximum absolute atomic E-state index is 14.3. The van der Waals surface area contributed by atoms with E-state index in [1.807, 2.05) is 0 Å². The van der Waals surface area contributed by atoms with Gasteiger partial charge in [-0.1, -0.05) is 35.9 Å². The van der Waals surface area contributed by atoms with E-state index in [-0.39, 0.29) is 22.6 Å². The van der Waals surface area contributed by atoms with Crippen molar-refractivity contribution in [1.29, 1.82) is 0 Å². The summed E-state index contributed by atoms with van der Waals surface area (Å²) in [5, 5.41) is 7.72. The van der Waals surface area contributed by atoms with Gasteiger partial charge in [-0.05, 0) is 49.1 Å². The van der Waals surface area contributed by atoms with Crippen molar-refractivity contribution < 1.29 is 14.0 Å². The number of hydroxylamine groups is 1. The van der Waals surface area contributed by atoms with Crippen molar-refractivity contribution in [2.45, 2.75) is 26.3 Å². The molecule has 1 atom stereocenters. The van der Waals surface area contributed by atoms with Crippen molar-refractivity contribution in [3.63, 3.8) is 0 Å². The molecule has 2 heterocycles. The van der Waals surface area contributed by atoms with Crippen molar-refractivity contribution >= 4 is 17.4 Å². The van der Waals surface area contributed by atoms with Gasteiger partial charge in [-0.25, -0.2) is 9.87 Å². The lowest BCUT2D eigenvalue weighted by Crippen LogP contribution is -2.37. The minimum Gasteiger partial charge on any atom is -0.452 e. The summed E-state index contributed by atoms with van der Waals surface area (Å²) in [6.45, 7) is 4.60. The van der Waals surface area contributed by atoms with Gasteiger partial charge in [-0.15, -0.1) is 0 Å². The van der Waals surface area contributed by atoms with Crippen LogP contribution in [0.5, 0.6) is 11.5 Å². The van der Waals surface area contributed by atoms with Gasteiger partial charge in [0.15, 0.2) is 23.2 Å². The van der Waals surface area contributed by atoms with Crippen LogP contribution in [0.1, 0.15) is 22.3 Å². The van der Waals surface area contributed by atoms with E-state index < -0.39 is 5.82 Å². The molecule has 0 spiro atoms. The Bertz CT molecular complexity index is 1110. The van der Waals surface area contributed by atoms with Crippen molar-refractivity contribution in [3.8, 4) is 11.5 Å². The molecule has 4 rings (SSSR count). The Morgan fingerprint density at radius 3 is 2.80 bits per heavy atom. The van der Waals surface area contributed by atoms with E-state index >= 15 is 0 Å². The largest absolute Gasteiger partial charge is 0.452 e. The molecule has 1 aromatic heterocycles. The van der Waals surface area contributed by atoms with Gasteiger partial charge in [0.1, 0.15) is 0 Å². The summed E-state index contributed by atoms with van der Waals surface area (Å²) in [5.41, 5.74) is 6.99. The Morgan fingerprint density at radius 2 is 1.97 bits per heavy atom. The normalized spacial score (nSPS) is 16.0. The van der Waals surface area contributed by atoms with E-state index in [0.717, 1.165) is 6.42 Å². The number of aryl methyl sites for hydroxylation is 2. The maximum atomic E-state index is 14.3. The number of ether oxygens (including phenoxy) is 1. The molecule has 1 aliphatic heterocycles. The number of halogens is 2. The predicted molar refractivity (Wildman–Crippen MR) is 113 cm³/mol. The first-order valence-electron chi connectivity index (χ1n) is 9.46. The van der Waals surface area contributed by atoms with E-state index in [1.165, 1.54) is 41.2 Å². The van der Waals surface area contributed by atoms with Gasteiger partial charge in [0.25, 0.3) is 0 Å². The summed E-state index contributed by atoms with van der Waals surface area (Å²) in [4.78, 5) is 10.3. The van der Waals surface area contributed by atoms with Crippen LogP contribution in [0.15, 0.2) is 53.8 Å². The minimum absolute atomic E-state index is 0.0132. The molecule has 0 saturated carbocycles. The van der Waals surface area contributed by atoms with Crippen molar-refractivity contribution in [2.24, 2.45) is 4.99 Å². The van der Waals surface area contributed by atoms with Gasteiger partial charge in [0.05, 0.1) is 35.6 Å². The molecule has 0 saturated heterocycles. The van der Waals surface area contributed by atoms with Gasteiger partial charge in [-0.2, -0.15) is 10.2 Å². The second kappa shape index (κ2) is 8.77. The Labute approximate surface area is 178 Å². The Morgan fingerprint density at radius 1 is 1.13 bits per heavy atom. The zero-order valence-corrected chi connectivity index (χ0v) is 17.3. The van der Waals surface area contributed by atoms with E-state index in [1.54, 1.807) is 6.07 Å². The van der Waals surface area contributed by atoms with Crippen molar-refractivity contribution in [1.82, 2.24) is 15.7 Å². The minimum atomic E-state index is -0.649. The molecule has 0 bridgehead atoms. The predicted octanol–water partition coefficient (Wildman–Crippen LogP) is 4.57. The average Bonchev–Trinajstić information content (AvgIpc) is 2.75. The van der Waals surface area contributed by atoms with Crippen LogP contribution in [0.25, 0.3) is 0 Å². The Balaban J connectivity index is 1.60. The van der Waals surface area contributed by atoms with Gasteiger partial charge in [0.2, 0.25) is 0 Å². The van der Waals surface area contributed by atoms with Crippen LogP contribution in [0.2, 0.25) is 5.02 Å². The summed E-state index contributed by atoms with van der Waals surface area (Å²) >= 11 is 5.85. The number of hydrogen-bond acceptors (Lipinski definition) is 6. The SMILES string of the molecule is Cc1ccc(C[C@@H]2CONC(c3cnncc3Oc3cccc(Cl)c3F)=N2)cc1C. The number of aliphatic imine (C=N–C) groups is 1. The molecule has 1 aliphatic rings. The standard InChI is InChI=1S/C22H20ClFN4O2/c1-13-6-7-15(8-14(13)2)9-16-12-29-28-22(27-16)17-10-25-26-11-20(17)30-19-5-3-4-18(23)21(19)24/h3-8,10-11,16H,9,12H2,1-2H3,(H,27,28)/t16-/m1/s1. The first-order chi connectivity index (χ1) is 14.5. The highest BCUT2D eigenvalue weighted by Crippen LogP contribution is 2.30. The fourth-order valence-corrected chi connectivity index (χ4v) is 3.30. The fourth-order valence-electron chi connectivity index (χ4n) is 3.13. The number of nitrogens with one attached hydrogen (secondary N) is 1. The zero-order valence-electron chi connectivity index (χ0n) is 16.5. The smallest absolute Gasteiger partial charge is 0.184 e. The Kier molecular flexibility index (Phi) is 5.92. The number of benzene rings is 2. The summed E-state index contributed by atoms with van der Waals surface area (Å²) in [5.74, 6) is 0.0698. The monoisotopic (exact) mass is 426 g/mol. The molecule has 154 valence electrons. The lowest BCUT2D eigenvalue weighted by molar-refractivity contribution is 0.0623. The molecule has 0 amide bonds. The molecule has 0 fully saturated rings. The molecule has 2 aromatic carbocycles. The lowest BCUT2D eigenvalue weighted by atomic mass is 10.0. The molecular weight excluding hydrogens is 407 g/mol. The second-order valence-electron chi connectivity index (χ2n) is 7.09. The van der Waals surface area contributed by atoms with Crippen LogP contribution >= 0.6 is 11.6 Å². The molecule has 0 radical (unpaired) electrons. The molecule has 30 heavy (non-hydrogen) atoms. The highest BCUT2D eigenvalue weighted by atomic mass is 35.5. The molecule has 1 N–H and O–H groups in total. The van der Waals surface area contributed by atoms with E-state index in [4.69, 9.17) is 26.2 Å². The summed E-state index contributed by atoms with van der Waals surface area (Å²) in [6, 6.07) is 10.8. The first-order valence-corrected chi connectivity index (χ1v) is 9.83. The molecule has 6 nitrogen and oxygen atoms in total. The van der Waals surface area contributed by atoms with Crippen LogP contribution in [0.4, 0.5) is 4.39 Å². The summed E-state index contributed by atoms with van der Waals surface area (Å²) in [7, 11) is 0. The molecular formula is C22H20ClFN4O2. The summed E-state index contributed by atoms with van der Waals surface area (Å²) in [6.07, 6.45) is 3.61. The van der Waals surface area contributed by atoms with Crippen molar-refractivity contribution in [3.05, 3.63) is 81.9 Å². The quantitative estimate of drug-likeness (QED) is 0.647. The number of aromatic nitrogens is 2. The molecule has 3 aromatic rings. The van der Waals surface area contributed by atoms with E-state index in [2.05, 4.69) is 47.7 Å². The highest BCUT2D eigenvalue weighted by Gasteiger charge is 2.21. The van der Waals surface area contributed by atoms with Gasteiger partial charge >= 0.3 is 0 Å². The van der Waals surface area contributed by atoms with Crippen LogP contribution in [-0.4, -0.2) is 28.7 Å².